The normalized spacial score (nSPS) is 11.0. The number of amides is 3. The van der Waals surface area contributed by atoms with Crippen LogP contribution in [0.25, 0.3) is 17.2 Å². The number of ether oxygens (including phenoxy) is 1. The number of rotatable bonds is 12. The highest BCUT2D eigenvalue weighted by atomic mass is 32.2. The Balaban J connectivity index is 1.27. The van der Waals surface area contributed by atoms with Crippen molar-refractivity contribution in [1.82, 2.24) is 5.32 Å². The van der Waals surface area contributed by atoms with Gasteiger partial charge in [0.1, 0.15) is 22.1 Å². The number of anilines is 2. The highest BCUT2D eigenvalue weighted by molar-refractivity contribution is 8.00. The molecule has 0 aliphatic carbocycles. The van der Waals surface area contributed by atoms with Gasteiger partial charge in [0.2, 0.25) is 5.91 Å². The molecule has 0 saturated carbocycles. The first kappa shape index (κ1) is 34.8. The second-order valence-corrected chi connectivity index (χ2v) is 12.6. The molecule has 0 unspecified atom stereocenters. The van der Waals surface area contributed by atoms with Crippen molar-refractivity contribution < 1.29 is 28.3 Å². The summed E-state index contributed by atoms with van der Waals surface area (Å²) in [4.78, 5) is 53.0. The van der Waals surface area contributed by atoms with Crippen LogP contribution in [0.15, 0.2) is 119 Å². The molecule has 0 radical (unpaired) electrons. The van der Waals surface area contributed by atoms with Crippen LogP contribution < -0.4 is 16.0 Å². The number of thioether (sulfide) groups is 1. The number of carbonyl (C=O) groups excluding carboxylic acids is 4. The summed E-state index contributed by atoms with van der Waals surface area (Å²) in [7, 11) is 0. The highest BCUT2D eigenvalue weighted by Gasteiger charge is 2.23. The fourth-order valence-electron chi connectivity index (χ4n) is 4.64. The number of hydrogen-bond acceptors (Lipinski definition) is 7. The first-order chi connectivity index (χ1) is 23.7. The fraction of sp³-hybridized carbons (Fsp3) is 0.105. The molecule has 11 heteroatoms. The molecule has 0 atom stereocenters. The topological polar surface area (TPSA) is 114 Å². The van der Waals surface area contributed by atoms with Gasteiger partial charge in [0.05, 0.1) is 12.4 Å². The summed E-state index contributed by atoms with van der Waals surface area (Å²) in [6.07, 6.45) is 1.46. The molecule has 0 fully saturated rings. The van der Waals surface area contributed by atoms with Crippen molar-refractivity contribution in [1.29, 1.82) is 0 Å². The molecule has 0 aliphatic rings. The van der Waals surface area contributed by atoms with Gasteiger partial charge in [0.25, 0.3) is 11.8 Å². The third-order valence-electron chi connectivity index (χ3n) is 7.06. The van der Waals surface area contributed by atoms with Gasteiger partial charge in [-0.3, -0.25) is 14.4 Å². The Morgan fingerprint density at radius 2 is 1.61 bits per heavy atom. The molecule has 0 bridgehead atoms. The molecule has 0 saturated heterocycles. The van der Waals surface area contributed by atoms with E-state index in [2.05, 4.69) is 16.0 Å². The van der Waals surface area contributed by atoms with E-state index in [0.29, 0.717) is 37.8 Å². The summed E-state index contributed by atoms with van der Waals surface area (Å²) >= 11 is 2.50. The number of carbonyl (C=O) groups is 4. The summed E-state index contributed by atoms with van der Waals surface area (Å²) < 4.78 is 18.8. The summed E-state index contributed by atoms with van der Waals surface area (Å²) in [5.74, 6) is -2.32. The lowest BCUT2D eigenvalue weighted by atomic mass is 10.0. The molecule has 5 rings (SSSR count). The lowest BCUT2D eigenvalue weighted by Gasteiger charge is -2.12. The van der Waals surface area contributed by atoms with Gasteiger partial charge in [-0.1, -0.05) is 66.2 Å². The molecule has 1 aromatic heterocycles. The quantitative estimate of drug-likeness (QED) is 0.0690. The summed E-state index contributed by atoms with van der Waals surface area (Å²) in [6.45, 7) is 3.90. The van der Waals surface area contributed by atoms with E-state index in [4.69, 9.17) is 4.74 Å². The molecule has 0 spiro atoms. The van der Waals surface area contributed by atoms with Crippen LogP contribution in [0, 0.1) is 12.7 Å². The van der Waals surface area contributed by atoms with Gasteiger partial charge >= 0.3 is 5.97 Å². The predicted molar refractivity (Wildman–Crippen MR) is 193 cm³/mol. The van der Waals surface area contributed by atoms with Crippen LogP contribution in [-0.4, -0.2) is 36.1 Å². The Morgan fingerprint density at radius 3 is 2.33 bits per heavy atom. The standard InChI is InChI=1S/C38H32FN3O5S2/c1-3-47-38(46)34-31(26-16-12-24(2)13-17-26)22-49-37(34)42-33(43)23-48-30-11-7-10-29(21-30)40-36(45)32(20-25-14-18-28(39)19-15-25)41-35(44)27-8-5-4-6-9-27/h4-22H,3,23H2,1-2H3,(H,40,45)(H,41,44)(H,42,43)/b32-20-. The van der Waals surface area contributed by atoms with Gasteiger partial charge in [-0.2, -0.15) is 0 Å². The monoisotopic (exact) mass is 693 g/mol. The van der Waals surface area contributed by atoms with Crippen LogP contribution in [0.3, 0.4) is 0 Å². The minimum atomic E-state index is -0.595. The van der Waals surface area contributed by atoms with Crippen molar-refractivity contribution in [2.75, 3.05) is 23.0 Å². The zero-order chi connectivity index (χ0) is 34.8. The lowest BCUT2D eigenvalue weighted by Crippen LogP contribution is -2.30. The van der Waals surface area contributed by atoms with E-state index in [1.807, 2.05) is 36.6 Å². The van der Waals surface area contributed by atoms with Crippen molar-refractivity contribution >= 4 is 63.6 Å². The zero-order valence-electron chi connectivity index (χ0n) is 26.6. The van der Waals surface area contributed by atoms with Crippen molar-refractivity contribution in [3.63, 3.8) is 0 Å². The molecule has 3 amide bonds. The van der Waals surface area contributed by atoms with Gasteiger partial charge < -0.3 is 20.7 Å². The van der Waals surface area contributed by atoms with Crippen LogP contribution in [0.1, 0.15) is 38.8 Å². The number of aryl methyl sites for hydroxylation is 1. The molecule has 1 heterocycles. The number of thiophene rings is 1. The van der Waals surface area contributed by atoms with E-state index < -0.39 is 23.6 Å². The van der Waals surface area contributed by atoms with Crippen molar-refractivity contribution in [3.8, 4) is 11.1 Å². The van der Waals surface area contributed by atoms with Crippen molar-refractivity contribution in [2.24, 2.45) is 0 Å². The number of nitrogens with one attached hydrogen (secondary N) is 3. The van der Waals surface area contributed by atoms with Crippen LogP contribution >= 0.6 is 23.1 Å². The number of hydrogen-bond donors (Lipinski definition) is 3. The first-order valence-corrected chi connectivity index (χ1v) is 17.1. The third kappa shape index (κ3) is 9.53. The van der Waals surface area contributed by atoms with E-state index in [0.717, 1.165) is 11.1 Å². The van der Waals surface area contributed by atoms with E-state index in [1.165, 1.54) is 53.4 Å². The van der Waals surface area contributed by atoms with Gasteiger partial charge in [0.15, 0.2) is 0 Å². The van der Waals surface area contributed by atoms with Crippen molar-refractivity contribution in [2.45, 2.75) is 18.7 Å². The molecule has 0 aliphatic heterocycles. The Kier molecular flexibility index (Phi) is 11.7. The van der Waals surface area contributed by atoms with E-state index in [1.54, 1.807) is 61.5 Å². The maximum Gasteiger partial charge on any atom is 0.341 e. The highest BCUT2D eigenvalue weighted by Crippen LogP contribution is 2.36. The van der Waals surface area contributed by atoms with Crippen molar-refractivity contribution in [3.05, 3.63) is 142 Å². The van der Waals surface area contributed by atoms with Crippen LogP contribution in [0.2, 0.25) is 0 Å². The summed E-state index contributed by atoms with van der Waals surface area (Å²) in [6, 6.07) is 28.6. The number of esters is 1. The Hall–Kier alpha value is -5.52. The van der Waals surface area contributed by atoms with Gasteiger partial charge in [-0.15, -0.1) is 23.1 Å². The molecular weight excluding hydrogens is 662 g/mol. The largest absolute Gasteiger partial charge is 0.462 e. The van der Waals surface area contributed by atoms with Gasteiger partial charge in [0, 0.05) is 27.1 Å². The fourth-order valence-corrected chi connectivity index (χ4v) is 6.37. The number of halogens is 1. The van der Waals surface area contributed by atoms with E-state index >= 15 is 0 Å². The minimum absolute atomic E-state index is 0.0281. The van der Waals surface area contributed by atoms with E-state index in [-0.39, 0.29) is 24.0 Å². The second kappa shape index (κ2) is 16.5. The van der Waals surface area contributed by atoms with Gasteiger partial charge in [-0.05, 0) is 73.5 Å². The average Bonchev–Trinajstić information content (AvgIpc) is 3.52. The molecule has 4 aromatic carbocycles. The first-order valence-electron chi connectivity index (χ1n) is 15.2. The van der Waals surface area contributed by atoms with Crippen LogP contribution in [0.5, 0.6) is 0 Å². The molecule has 5 aromatic rings. The average molecular weight is 694 g/mol. The van der Waals surface area contributed by atoms with Crippen LogP contribution in [0.4, 0.5) is 15.1 Å². The minimum Gasteiger partial charge on any atom is -0.462 e. The van der Waals surface area contributed by atoms with E-state index in [9.17, 15) is 23.6 Å². The molecular formula is C38H32FN3O5S2. The van der Waals surface area contributed by atoms with Gasteiger partial charge in [-0.25, -0.2) is 9.18 Å². The lowest BCUT2D eigenvalue weighted by molar-refractivity contribution is -0.114. The number of benzene rings is 4. The smallest absolute Gasteiger partial charge is 0.341 e. The maximum absolute atomic E-state index is 13.5. The Bertz CT molecular complexity index is 1990. The van der Waals surface area contributed by atoms with Crippen LogP contribution in [-0.2, 0) is 14.3 Å². The molecule has 248 valence electrons. The summed E-state index contributed by atoms with van der Waals surface area (Å²) in [5, 5.41) is 10.5. The Labute approximate surface area is 291 Å². The second-order valence-electron chi connectivity index (χ2n) is 10.7. The third-order valence-corrected chi connectivity index (χ3v) is 8.95. The molecule has 49 heavy (non-hydrogen) atoms. The predicted octanol–water partition coefficient (Wildman–Crippen LogP) is 8.18. The molecule has 8 nitrogen and oxygen atoms in total. The summed E-state index contributed by atoms with van der Waals surface area (Å²) in [5.41, 5.74) is 4.18. The molecule has 3 N–H and O–H groups in total. The zero-order valence-corrected chi connectivity index (χ0v) is 28.3. The Morgan fingerprint density at radius 1 is 0.878 bits per heavy atom. The maximum atomic E-state index is 13.5. The SMILES string of the molecule is CCOC(=O)c1c(-c2ccc(C)cc2)csc1NC(=O)CSc1cccc(NC(=O)/C(=C/c2ccc(F)cc2)NC(=O)c2ccccc2)c1.